The van der Waals surface area contributed by atoms with E-state index in [1.807, 2.05) is 0 Å². The highest BCUT2D eigenvalue weighted by Gasteiger charge is 2.34. The van der Waals surface area contributed by atoms with Crippen LogP contribution in [0.3, 0.4) is 0 Å². The second-order valence-corrected chi connectivity index (χ2v) is 6.29. The van der Waals surface area contributed by atoms with Gasteiger partial charge in [0.2, 0.25) is 5.75 Å². The fraction of sp³-hybridized carbons (Fsp3) is 0.238. The van der Waals surface area contributed by atoms with Crippen molar-refractivity contribution in [2.75, 3.05) is 7.11 Å². The third kappa shape index (κ3) is 4.57. The summed E-state index contributed by atoms with van der Waals surface area (Å²) in [7, 11) is 1.47. The number of ketones is 2. The summed E-state index contributed by atoms with van der Waals surface area (Å²) in [5.41, 5.74) is -1.23. The number of phenols is 2. The molecular weight excluding hydrogens is 396 g/mol. The van der Waals surface area contributed by atoms with Gasteiger partial charge in [0, 0.05) is 6.92 Å². The number of rotatable bonds is 7. The predicted molar refractivity (Wildman–Crippen MR) is 103 cm³/mol. The minimum Gasteiger partial charge on any atom is -0.504 e. The van der Waals surface area contributed by atoms with Crippen LogP contribution in [0.5, 0.6) is 23.0 Å². The lowest BCUT2D eigenvalue weighted by molar-refractivity contribution is -0.132. The number of hydrogen-bond acceptors (Lipinski definition) is 9. The van der Waals surface area contributed by atoms with E-state index in [0.717, 1.165) is 20.8 Å². The summed E-state index contributed by atoms with van der Waals surface area (Å²) >= 11 is 0. The van der Waals surface area contributed by atoms with E-state index in [9.17, 15) is 29.4 Å². The van der Waals surface area contributed by atoms with Crippen LogP contribution < -0.4 is 9.47 Å². The van der Waals surface area contributed by atoms with Gasteiger partial charge in [-0.1, -0.05) is 12.1 Å². The molecule has 0 spiro atoms. The summed E-state index contributed by atoms with van der Waals surface area (Å²) in [5, 5.41) is 20.4. The highest BCUT2D eigenvalue weighted by molar-refractivity contribution is 6.16. The van der Waals surface area contributed by atoms with Gasteiger partial charge in [0.1, 0.15) is 12.4 Å². The lowest BCUT2D eigenvalue weighted by Gasteiger charge is -2.18. The lowest BCUT2D eigenvalue weighted by Crippen LogP contribution is -2.18. The normalized spacial score (nSPS) is 10.3. The molecule has 0 fully saturated rings. The van der Waals surface area contributed by atoms with Crippen LogP contribution in [0.15, 0.2) is 24.3 Å². The highest BCUT2D eigenvalue weighted by atomic mass is 16.5. The molecule has 0 aromatic heterocycles. The monoisotopic (exact) mass is 416 g/mol. The van der Waals surface area contributed by atoms with Crippen LogP contribution in [0, 0.1) is 0 Å². The Hall–Kier alpha value is -3.88. The molecule has 9 nitrogen and oxygen atoms in total. The number of aromatic hydroxyl groups is 2. The summed E-state index contributed by atoms with van der Waals surface area (Å²) in [4.78, 5) is 48.6. The maximum atomic E-state index is 12.8. The van der Waals surface area contributed by atoms with Gasteiger partial charge < -0.3 is 24.4 Å². The van der Waals surface area contributed by atoms with Crippen molar-refractivity contribution >= 4 is 23.5 Å². The summed E-state index contributed by atoms with van der Waals surface area (Å²) in [6.45, 7) is 2.83. The van der Waals surface area contributed by atoms with E-state index in [1.54, 1.807) is 24.3 Å². The molecule has 2 N–H and O–H groups in total. The molecule has 2 aromatic rings. The molecule has 0 saturated carbocycles. The molecule has 30 heavy (non-hydrogen) atoms. The molecule has 0 aliphatic heterocycles. The Morgan fingerprint density at radius 2 is 1.53 bits per heavy atom. The molecule has 0 unspecified atom stereocenters. The molecule has 2 rings (SSSR count). The van der Waals surface area contributed by atoms with Crippen LogP contribution in [0.2, 0.25) is 0 Å². The number of Topliss-reactive ketones (excluding diaryl/α,β-unsaturated/α-hetero) is 2. The van der Waals surface area contributed by atoms with Gasteiger partial charge in [0.25, 0.3) is 0 Å². The first-order valence-corrected chi connectivity index (χ1v) is 8.70. The molecule has 0 aliphatic carbocycles. The Kier molecular flexibility index (Phi) is 6.78. The number of phenolic OH excluding ortho intramolecular Hbond substituents is 2. The smallest absolute Gasteiger partial charge is 0.340 e. The first-order chi connectivity index (χ1) is 14.1. The van der Waals surface area contributed by atoms with E-state index >= 15 is 0 Å². The van der Waals surface area contributed by atoms with Crippen LogP contribution in [0.4, 0.5) is 0 Å². The van der Waals surface area contributed by atoms with Crippen molar-refractivity contribution in [2.24, 2.45) is 0 Å². The molecular formula is C21H20O9. The maximum Gasteiger partial charge on any atom is 0.340 e. The number of benzene rings is 2. The minimum absolute atomic E-state index is 0.241. The SMILES string of the molecule is COc1cccc(COC(=O)c2c(C(C)=O)c(O)c(O)c(OC(C)=O)c2C(C)=O)c1. The maximum absolute atomic E-state index is 12.8. The van der Waals surface area contributed by atoms with Crippen LogP contribution in [-0.2, 0) is 16.1 Å². The van der Waals surface area contributed by atoms with Gasteiger partial charge in [-0.2, -0.15) is 0 Å². The molecule has 0 aliphatic rings. The Bertz CT molecular complexity index is 1040. The fourth-order valence-corrected chi connectivity index (χ4v) is 2.81. The number of carbonyl (C=O) groups is 4. The molecule has 0 amide bonds. The summed E-state index contributed by atoms with van der Waals surface area (Å²) in [6.07, 6.45) is 0. The lowest BCUT2D eigenvalue weighted by atomic mass is 9.93. The average Bonchev–Trinajstić information content (AvgIpc) is 2.68. The quantitative estimate of drug-likeness (QED) is 0.302. The Morgan fingerprint density at radius 3 is 2.07 bits per heavy atom. The van der Waals surface area contributed by atoms with Crippen molar-refractivity contribution in [3.8, 4) is 23.0 Å². The molecule has 0 radical (unpaired) electrons. The van der Waals surface area contributed by atoms with Crippen LogP contribution in [-0.4, -0.2) is 40.8 Å². The number of esters is 2. The molecule has 9 heteroatoms. The van der Waals surface area contributed by atoms with Crippen molar-refractivity contribution in [3.05, 3.63) is 46.5 Å². The van der Waals surface area contributed by atoms with Crippen molar-refractivity contribution in [3.63, 3.8) is 0 Å². The van der Waals surface area contributed by atoms with E-state index < -0.39 is 57.4 Å². The first kappa shape index (κ1) is 22.4. The van der Waals surface area contributed by atoms with Crippen molar-refractivity contribution in [1.82, 2.24) is 0 Å². The third-order valence-electron chi connectivity index (χ3n) is 4.06. The standard InChI is InChI=1S/C21H20O9/c1-10(22)15-17(21(27)29-9-13-6-5-7-14(8-13)28-4)16(11(2)23)20(30-12(3)24)19(26)18(15)25/h5-8,25-26H,9H2,1-4H3. The van der Waals surface area contributed by atoms with E-state index in [4.69, 9.17) is 14.2 Å². The molecule has 158 valence electrons. The van der Waals surface area contributed by atoms with E-state index in [1.165, 1.54) is 7.11 Å². The van der Waals surface area contributed by atoms with Crippen LogP contribution in [0.25, 0.3) is 0 Å². The highest BCUT2D eigenvalue weighted by Crippen LogP contribution is 2.45. The zero-order chi connectivity index (χ0) is 22.6. The van der Waals surface area contributed by atoms with Gasteiger partial charge in [-0.25, -0.2) is 4.79 Å². The second-order valence-electron chi connectivity index (χ2n) is 6.29. The predicted octanol–water partition coefficient (Wildman–Crippen LogP) is 2.79. The summed E-state index contributed by atoms with van der Waals surface area (Å²) < 4.78 is 15.1. The zero-order valence-electron chi connectivity index (χ0n) is 16.8. The number of methoxy groups -OCH3 is 1. The van der Waals surface area contributed by atoms with Gasteiger partial charge in [-0.3, -0.25) is 14.4 Å². The Labute approximate surface area is 171 Å². The number of hydrogen-bond donors (Lipinski definition) is 2. The summed E-state index contributed by atoms with van der Waals surface area (Å²) in [6, 6.07) is 6.64. The van der Waals surface area contributed by atoms with E-state index in [0.29, 0.717) is 11.3 Å². The molecule has 0 saturated heterocycles. The zero-order valence-corrected chi connectivity index (χ0v) is 16.8. The Morgan fingerprint density at radius 1 is 0.900 bits per heavy atom. The fourth-order valence-electron chi connectivity index (χ4n) is 2.81. The van der Waals surface area contributed by atoms with Crippen LogP contribution >= 0.6 is 0 Å². The summed E-state index contributed by atoms with van der Waals surface area (Å²) in [5.74, 6) is -5.87. The third-order valence-corrected chi connectivity index (χ3v) is 4.06. The van der Waals surface area contributed by atoms with Gasteiger partial charge in [-0.05, 0) is 31.5 Å². The molecule has 0 atom stereocenters. The minimum atomic E-state index is -1.13. The first-order valence-electron chi connectivity index (χ1n) is 8.70. The molecule has 0 heterocycles. The van der Waals surface area contributed by atoms with Gasteiger partial charge in [-0.15, -0.1) is 0 Å². The van der Waals surface area contributed by atoms with Crippen molar-refractivity contribution < 1.29 is 43.6 Å². The average molecular weight is 416 g/mol. The molecule has 2 aromatic carbocycles. The van der Waals surface area contributed by atoms with Gasteiger partial charge >= 0.3 is 11.9 Å². The van der Waals surface area contributed by atoms with Gasteiger partial charge in [0.05, 0.1) is 23.8 Å². The van der Waals surface area contributed by atoms with Gasteiger partial charge in [0.15, 0.2) is 23.1 Å². The topological polar surface area (TPSA) is 136 Å². The van der Waals surface area contributed by atoms with Crippen molar-refractivity contribution in [2.45, 2.75) is 27.4 Å². The van der Waals surface area contributed by atoms with Crippen molar-refractivity contribution in [1.29, 1.82) is 0 Å². The molecule has 0 bridgehead atoms. The van der Waals surface area contributed by atoms with E-state index in [2.05, 4.69) is 0 Å². The van der Waals surface area contributed by atoms with E-state index in [-0.39, 0.29) is 6.61 Å². The van der Waals surface area contributed by atoms with Crippen LogP contribution in [0.1, 0.15) is 57.4 Å². The largest absolute Gasteiger partial charge is 0.504 e. The Balaban J connectivity index is 2.61. The second kappa shape index (κ2) is 9.08. The number of carbonyl (C=O) groups excluding carboxylic acids is 4. The number of ether oxygens (including phenoxy) is 3.